The molecule has 0 aromatic heterocycles. The summed E-state index contributed by atoms with van der Waals surface area (Å²) in [6.45, 7) is 4.89. The molecule has 18 heavy (non-hydrogen) atoms. The second-order valence-corrected chi connectivity index (χ2v) is 4.56. The molecule has 0 bridgehead atoms. The molecule has 1 aromatic rings. The Hall–Kier alpha value is -1.00. The predicted molar refractivity (Wildman–Crippen MR) is 76.4 cm³/mol. The van der Waals surface area contributed by atoms with Crippen molar-refractivity contribution in [3.63, 3.8) is 0 Å². The number of halogens is 2. The van der Waals surface area contributed by atoms with Crippen molar-refractivity contribution in [2.75, 3.05) is 13.2 Å². The molecule has 0 fully saturated rings. The lowest BCUT2D eigenvalue weighted by Gasteiger charge is -2.13. The molecule has 0 saturated heterocycles. The van der Waals surface area contributed by atoms with Gasteiger partial charge in [0.2, 0.25) is 5.24 Å². The van der Waals surface area contributed by atoms with Crippen molar-refractivity contribution in [2.24, 2.45) is 0 Å². The molecule has 0 saturated carbocycles. The van der Waals surface area contributed by atoms with Gasteiger partial charge in [0.1, 0.15) is 0 Å². The van der Waals surface area contributed by atoms with Gasteiger partial charge in [-0.1, -0.05) is 0 Å². The molecule has 0 aliphatic carbocycles. The maximum absolute atomic E-state index is 10.7. The lowest BCUT2D eigenvalue weighted by atomic mass is 10.2. The Kier molecular flexibility index (Phi) is 6.22. The molecule has 0 atom stereocenters. The van der Waals surface area contributed by atoms with Gasteiger partial charge in [0.05, 0.1) is 17.7 Å². The Labute approximate surface area is 120 Å². The van der Waals surface area contributed by atoms with Crippen molar-refractivity contribution in [1.82, 2.24) is 0 Å². The minimum atomic E-state index is -0.516. The number of rotatable bonds is 6. The van der Waals surface area contributed by atoms with E-state index in [1.165, 1.54) is 6.08 Å². The summed E-state index contributed by atoms with van der Waals surface area (Å²) in [5, 5.41) is -0.516. The summed E-state index contributed by atoms with van der Waals surface area (Å²) in [7, 11) is 0. The third-order valence-corrected chi connectivity index (χ3v) is 2.74. The van der Waals surface area contributed by atoms with Crippen LogP contribution in [0.2, 0.25) is 0 Å². The molecule has 0 radical (unpaired) electrons. The lowest BCUT2D eigenvalue weighted by Crippen LogP contribution is -1.99. The number of carbonyl (C=O) groups is 1. The minimum Gasteiger partial charge on any atom is -0.490 e. The SMILES string of the molecule is CCOc1cc(C=CC(=O)Cl)cc(Br)c1OCC. The molecular weight excluding hydrogens is 319 g/mol. The van der Waals surface area contributed by atoms with Crippen LogP contribution in [-0.4, -0.2) is 18.5 Å². The highest BCUT2D eigenvalue weighted by Crippen LogP contribution is 2.37. The van der Waals surface area contributed by atoms with Crippen LogP contribution in [0.1, 0.15) is 19.4 Å². The first-order valence-electron chi connectivity index (χ1n) is 5.55. The summed E-state index contributed by atoms with van der Waals surface area (Å²) < 4.78 is 11.8. The highest BCUT2D eigenvalue weighted by atomic mass is 79.9. The van der Waals surface area contributed by atoms with Gasteiger partial charge in [0.15, 0.2) is 11.5 Å². The molecule has 0 aliphatic heterocycles. The Balaban J connectivity index is 3.13. The van der Waals surface area contributed by atoms with Crippen molar-refractivity contribution in [3.05, 3.63) is 28.2 Å². The molecule has 5 heteroatoms. The highest BCUT2D eigenvalue weighted by Gasteiger charge is 2.10. The minimum absolute atomic E-state index is 0.516. The third-order valence-electron chi connectivity index (χ3n) is 2.03. The first kappa shape index (κ1) is 15.1. The van der Waals surface area contributed by atoms with Crippen molar-refractivity contribution < 1.29 is 14.3 Å². The van der Waals surface area contributed by atoms with Gasteiger partial charge in [-0.15, -0.1) is 0 Å². The Morgan fingerprint density at radius 3 is 2.56 bits per heavy atom. The van der Waals surface area contributed by atoms with Gasteiger partial charge in [-0.3, -0.25) is 4.79 Å². The number of allylic oxidation sites excluding steroid dienone is 1. The first-order chi connectivity index (χ1) is 8.58. The summed E-state index contributed by atoms with van der Waals surface area (Å²) in [5.74, 6) is 1.30. The molecule has 98 valence electrons. The molecule has 0 N–H and O–H groups in total. The topological polar surface area (TPSA) is 35.5 Å². The number of hydrogen-bond acceptors (Lipinski definition) is 3. The summed E-state index contributed by atoms with van der Waals surface area (Å²) in [4.78, 5) is 10.7. The van der Waals surface area contributed by atoms with E-state index in [1.807, 2.05) is 19.9 Å². The lowest BCUT2D eigenvalue weighted by molar-refractivity contribution is -0.107. The monoisotopic (exact) mass is 332 g/mol. The average Bonchev–Trinajstić information content (AvgIpc) is 2.31. The zero-order valence-electron chi connectivity index (χ0n) is 10.2. The molecule has 1 aromatic carbocycles. The van der Waals surface area contributed by atoms with Crippen molar-refractivity contribution >= 4 is 38.8 Å². The molecular formula is C13H14BrClO3. The van der Waals surface area contributed by atoms with Gasteiger partial charge < -0.3 is 9.47 Å². The molecule has 0 spiro atoms. The molecule has 0 amide bonds. The Bertz CT molecular complexity index is 458. The van der Waals surface area contributed by atoms with Crippen LogP contribution in [0.15, 0.2) is 22.7 Å². The van der Waals surface area contributed by atoms with Crippen LogP contribution in [0.4, 0.5) is 0 Å². The van der Waals surface area contributed by atoms with E-state index in [0.29, 0.717) is 24.7 Å². The van der Waals surface area contributed by atoms with Crippen molar-refractivity contribution in [3.8, 4) is 11.5 Å². The quantitative estimate of drug-likeness (QED) is 0.582. The Morgan fingerprint density at radius 2 is 2.00 bits per heavy atom. The molecule has 3 nitrogen and oxygen atoms in total. The Morgan fingerprint density at radius 1 is 1.33 bits per heavy atom. The molecule has 0 heterocycles. The fourth-order valence-corrected chi connectivity index (χ4v) is 2.03. The van der Waals surface area contributed by atoms with E-state index in [1.54, 1.807) is 12.1 Å². The van der Waals surface area contributed by atoms with Crippen LogP contribution in [0.25, 0.3) is 6.08 Å². The maximum atomic E-state index is 10.7. The van der Waals surface area contributed by atoms with Crippen LogP contribution < -0.4 is 9.47 Å². The maximum Gasteiger partial charge on any atom is 0.245 e. The van der Waals surface area contributed by atoms with Crippen LogP contribution >= 0.6 is 27.5 Å². The van der Waals surface area contributed by atoms with Gasteiger partial charge in [-0.25, -0.2) is 0 Å². The third kappa shape index (κ3) is 4.35. The average molecular weight is 334 g/mol. The molecule has 1 rings (SSSR count). The van der Waals surface area contributed by atoms with E-state index in [-0.39, 0.29) is 0 Å². The fraction of sp³-hybridized carbons (Fsp3) is 0.308. The zero-order valence-corrected chi connectivity index (χ0v) is 12.5. The molecule has 0 aliphatic rings. The largest absolute Gasteiger partial charge is 0.490 e. The summed E-state index contributed by atoms with van der Waals surface area (Å²) >= 11 is 8.68. The van der Waals surface area contributed by atoms with E-state index in [9.17, 15) is 4.79 Å². The summed E-state index contributed by atoms with van der Waals surface area (Å²) in [5.41, 5.74) is 0.808. The van der Waals surface area contributed by atoms with Crippen LogP contribution in [0.3, 0.4) is 0 Å². The van der Waals surface area contributed by atoms with Crippen molar-refractivity contribution in [2.45, 2.75) is 13.8 Å². The van der Waals surface area contributed by atoms with Gasteiger partial charge in [0, 0.05) is 0 Å². The van der Waals surface area contributed by atoms with Gasteiger partial charge in [-0.2, -0.15) is 0 Å². The van der Waals surface area contributed by atoms with Crippen molar-refractivity contribution in [1.29, 1.82) is 0 Å². The fourth-order valence-electron chi connectivity index (χ4n) is 1.39. The number of ether oxygens (including phenoxy) is 2. The standard InChI is InChI=1S/C13H14BrClO3/c1-3-17-11-8-9(5-6-12(15)16)7-10(14)13(11)18-4-2/h5-8H,3-4H2,1-2H3. The number of carbonyl (C=O) groups excluding carboxylic acids is 1. The van der Waals surface area contributed by atoms with E-state index < -0.39 is 5.24 Å². The van der Waals surface area contributed by atoms with Crippen LogP contribution in [0, 0.1) is 0 Å². The zero-order chi connectivity index (χ0) is 13.5. The number of benzene rings is 1. The van der Waals surface area contributed by atoms with E-state index >= 15 is 0 Å². The van der Waals surface area contributed by atoms with Crippen LogP contribution in [-0.2, 0) is 4.79 Å². The predicted octanol–water partition coefficient (Wildman–Crippen LogP) is 4.03. The van der Waals surface area contributed by atoms with Gasteiger partial charge in [-0.05, 0) is 71.2 Å². The normalized spacial score (nSPS) is 10.7. The van der Waals surface area contributed by atoms with E-state index in [2.05, 4.69) is 15.9 Å². The van der Waals surface area contributed by atoms with Crippen LogP contribution in [0.5, 0.6) is 11.5 Å². The van der Waals surface area contributed by atoms with Gasteiger partial charge >= 0.3 is 0 Å². The smallest absolute Gasteiger partial charge is 0.245 e. The number of hydrogen-bond donors (Lipinski definition) is 0. The van der Waals surface area contributed by atoms with E-state index in [4.69, 9.17) is 21.1 Å². The summed E-state index contributed by atoms with van der Waals surface area (Å²) in [6.07, 6.45) is 2.91. The second kappa shape index (κ2) is 7.44. The van der Waals surface area contributed by atoms with Gasteiger partial charge in [0.25, 0.3) is 0 Å². The van der Waals surface area contributed by atoms with E-state index in [0.717, 1.165) is 10.0 Å². The first-order valence-corrected chi connectivity index (χ1v) is 6.72. The molecule has 0 unspecified atom stereocenters. The highest BCUT2D eigenvalue weighted by molar-refractivity contribution is 9.10. The summed E-state index contributed by atoms with van der Waals surface area (Å²) in [6, 6.07) is 3.64. The second-order valence-electron chi connectivity index (χ2n) is 3.33.